The van der Waals surface area contributed by atoms with Crippen molar-refractivity contribution >= 4 is 21.4 Å². The number of hydrogen-bond donors (Lipinski definition) is 1. The summed E-state index contributed by atoms with van der Waals surface area (Å²) in [6.45, 7) is 2.78. The summed E-state index contributed by atoms with van der Waals surface area (Å²) < 4.78 is 38.5. The van der Waals surface area contributed by atoms with Gasteiger partial charge >= 0.3 is 6.18 Å². The van der Waals surface area contributed by atoms with Gasteiger partial charge in [0.2, 0.25) is 0 Å². The van der Waals surface area contributed by atoms with Gasteiger partial charge in [-0.25, -0.2) is 0 Å². The molecular formula is C16H20F3NS. The molecule has 1 atom stereocenters. The van der Waals surface area contributed by atoms with Crippen LogP contribution in [0.4, 0.5) is 13.2 Å². The minimum atomic E-state index is -4.08. The van der Waals surface area contributed by atoms with E-state index in [4.69, 9.17) is 0 Å². The molecule has 0 aliphatic carbocycles. The van der Waals surface area contributed by atoms with Gasteiger partial charge in [-0.15, -0.1) is 11.3 Å². The van der Waals surface area contributed by atoms with Crippen LogP contribution in [0.1, 0.15) is 31.7 Å². The van der Waals surface area contributed by atoms with Crippen LogP contribution in [-0.4, -0.2) is 18.8 Å². The Balaban J connectivity index is 2.06. The van der Waals surface area contributed by atoms with Crippen LogP contribution in [0, 0.1) is 0 Å². The molecule has 21 heavy (non-hydrogen) atoms. The summed E-state index contributed by atoms with van der Waals surface area (Å²) in [5.74, 6) is 0. The Labute approximate surface area is 127 Å². The highest BCUT2D eigenvalue weighted by molar-refractivity contribution is 7.17. The van der Waals surface area contributed by atoms with E-state index in [0.29, 0.717) is 6.42 Å². The van der Waals surface area contributed by atoms with E-state index in [1.807, 2.05) is 31.2 Å². The highest BCUT2D eigenvalue weighted by Gasteiger charge is 2.28. The summed E-state index contributed by atoms with van der Waals surface area (Å²) in [7, 11) is 0. The number of nitrogens with one attached hydrogen (secondary N) is 1. The summed E-state index contributed by atoms with van der Waals surface area (Å²) in [4.78, 5) is 0. The van der Waals surface area contributed by atoms with Crippen LogP contribution >= 0.6 is 11.3 Å². The lowest BCUT2D eigenvalue weighted by Gasteiger charge is -2.19. The molecule has 1 unspecified atom stereocenters. The molecular weight excluding hydrogens is 295 g/mol. The van der Waals surface area contributed by atoms with Crippen LogP contribution in [0.25, 0.3) is 10.1 Å². The van der Waals surface area contributed by atoms with Crippen LogP contribution in [-0.2, 0) is 6.42 Å². The normalized spacial score (nSPS) is 13.7. The fourth-order valence-electron chi connectivity index (χ4n) is 2.42. The van der Waals surface area contributed by atoms with E-state index in [0.717, 1.165) is 23.9 Å². The summed E-state index contributed by atoms with van der Waals surface area (Å²) in [5, 5.41) is 6.48. The maximum absolute atomic E-state index is 12.4. The van der Waals surface area contributed by atoms with Crippen molar-refractivity contribution in [1.82, 2.24) is 5.32 Å². The summed E-state index contributed by atoms with van der Waals surface area (Å²) in [6, 6.07) is 7.93. The predicted octanol–water partition coefficient (Wildman–Crippen LogP) is 5.15. The number of hydrogen-bond acceptors (Lipinski definition) is 2. The molecule has 2 aromatic rings. The van der Waals surface area contributed by atoms with Gasteiger partial charge in [0.25, 0.3) is 0 Å². The molecule has 1 aromatic carbocycles. The van der Waals surface area contributed by atoms with E-state index in [2.05, 4.69) is 10.7 Å². The number of halogens is 3. The van der Waals surface area contributed by atoms with Crippen LogP contribution < -0.4 is 5.32 Å². The molecule has 1 N–H and O–H groups in total. The van der Waals surface area contributed by atoms with Crippen molar-refractivity contribution in [3.8, 4) is 0 Å². The van der Waals surface area contributed by atoms with Gasteiger partial charge in [-0.3, -0.25) is 0 Å². The van der Waals surface area contributed by atoms with Crippen molar-refractivity contribution in [3.63, 3.8) is 0 Å². The molecule has 0 fully saturated rings. The molecule has 0 amide bonds. The molecule has 0 radical (unpaired) electrons. The maximum Gasteiger partial charge on any atom is 0.389 e. The monoisotopic (exact) mass is 315 g/mol. The third-order valence-electron chi connectivity index (χ3n) is 3.49. The van der Waals surface area contributed by atoms with E-state index in [-0.39, 0.29) is 12.5 Å². The standard InChI is InChI=1S/C16H20F3NS/c1-2-9-20-13(7-8-16(17,18)19)10-12-11-21-15-6-4-3-5-14(12)15/h3-6,11,13,20H,2,7-10H2,1H3. The number of alkyl halides is 3. The second kappa shape index (κ2) is 7.27. The molecule has 0 aliphatic heterocycles. The van der Waals surface area contributed by atoms with Crippen LogP contribution in [0.2, 0.25) is 0 Å². The first-order valence-electron chi connectivity index (χ1n) is 7.25. The van der Waals surface area contributed by atoms with Gasteiger partial charge in [0.15, 0.2) is 0 Å². The SMILES string of the molecule is CCCNC(CCC(F)(F)F)Cc1csc2ccccc12. The van der Waals surface area contributed by atoms with Crippen molar-refractivity contribution in [2.24, 2.45) is 0 Å². The molecule has 116 valence electrons. The fraction of sp³-hybridized carbons (Fsp3) is 0.500. The Morgan fingerprint density at radius 3 is 2.71 bits per heavy atom. The first kappa shape index (κ1) is 16.3. The average molecular weight is 315 g/mol. The molecule has 1 nitrogen and oxygen atoms in total. The summed E-state index contributed by atoms with van der Waals surface area (Å²) in [5.41, 5.74) is 1.14. The molecule has 2 rings (SSSR count). The Bertz CT molecular complexity index is 562. The second-order valence-corrected chi connectivity index (χ2v) is 6.18. The third-order valence-corrected chi connectivity index (χ3v) is 4.50. The molecule has 5 heteroatoms. The lowest BCUT2D eigenvalue weighted by Crippen LogP contribution is -2.33. The van der Waals surface area contributed by atoms with E-state index in [9.17, 15) is 13.2 Å². The predicted molar refractivity (Wildman–Crippen MR) is 82.9 cm³/mol. The van der Waals surface area contributed by atoms with Crippen LogP contribution in [0.15, 0.2) is 29.6 Å². The van der Waals surface area contributed by atoms with Crippen molar-refractivity contribution in [1.29, 1.82) is 0 Å². The molecule has 1 heterocycles. The Kier molecular flexibility index (Phi) is 5.65. The van der Waals surface area contributed by atoms with Gasteiger partial charge in [-0.1, -0.05) is 25.1 Å². The lowest BCUT2D eigenvalue weighted by molar-refractivity contribution is -0.136. The molecule has 0 saturated heterocycles. The minimum Gasteiger partial charge on any atom is -0.314 e. The Hall–Kier alpha value is -1.07. The molecule has 0 saturated carbocycles. The smallest absolute Gasteiger partial charge is 0.314 e. The van der Waals surface area contributed by atoms with Gasteiger partial charge in [0.1, 0.15) is 0 Å². The fourth-order valence-corrected chi connectivity index (χ4v) is 3.39. The van der Waals surface area contributed by atoms with Crippen molar-refractivity contribution < 1.29 is 13.2 Å². The highest BCUT2D eigenvalue weighted by atomic mass is 32.1. The zero-order valence-electron chi connectivity index (χ0n) is 12.0. The molecule has 1 aromatic heterocycles. The van der Waals surface area contributed by atoms with Gasteiger partial charge in [-0.05, 0) is 48.2 Å². The van der Waals surface area contributed by atoms with Gasteiger partial charge in [0, 0.05) is 17.2 Å². The Morgan fingerprint density at radius 2 is 2.00 bits per heavy atom. The van der Waals surface area contributed by atoms with E-state index in [1.165, 1.54) is 4.70 Å². The first-order chi connectivity index (χ1) is 9.99. The van der Waals surface area contributed by atoms with Gasteiger partial charge in [0.05, 0.1) is 0 Å². The van der Waals surface area contributed by atoms with Crippen LogP contribution in [0.5, 0.6) is 0 Å². The zero-order chi connectivity index (χ0) is 15.3. The quantitative estimate of drug-likeness (QED) is 0.744. The number of benzene rings is 1. The zero-order valence-corrected chi connectivity index (χ0v) is 12.9. The summed E-state index contributed by atoms with van der Waals surface area (Å²) >= 11 is 1.65. The number of thiophene rings is 1. The van der Waals surface area contributed by atoms with Crippen molar-refractivity contribution in [2.75, 3.05) is 6.54 Å². The lowest BCUT2D eigenvalue weighted by atomic mass is 10.0. The van der Waals surface area contributed by atoms with Crippen molar-refractivity contribution in [3.05, 3.63) is 35.2 Å². The highest BCUT2D eigenvalue weighted by Crippen LogP contribution is 2.28. The summed E-state index contributed by atoms with van der Waals surface area (Å²) in [6.07, 6.45) is -3.10. The molecule has 0 bridgehead atoms. The second-order valence-electron chi connectivity index (χ2n) is 5.27. The topological polar surface area (TPSA) is 12.0 Å². The van der Waals surface area contributed by atoms with Gasteiger partial charge in [-0.2, -0.15) is 13.2 Å². The molecule has 0 spiro atoms. The minimum absolute atomic E-state index is 0.121. The van der Waals surface area contributed by atoms with Crippen molar-refractivity contribution in [2.45, 2.75) is 44.8 Å². The molecule has 0 aliphatic rings. The van der Waals surface area contributed by atoms with E-state index in [1.54, 1.807) is 11.3 Å². The maximum atomic E-state index is 12.4. The third kappa shape index (κ3) is 5.00. The Morgan fingerprint density at radius 1 is 1.24 bits per heavy atom. The number of fused-ring (bicyclic) bond motifs is 1. The number of rotatable bonds is 7. The van der Waals surface area contributed by atoms with Gasteiger partial charge < -0.3 is 5.32 Å². The average Bonchev–Trinajstić information content (AvgIpc) is 2.84. The van der Waals surface area contributed by atoms with E-state index < -0.39 is 12.6 Å². The van der Waals surface area contributed by atoms with Crippen LogP contribution in [0.3, 0.4) is 0 Å². The van der Waals surface area contributed by atoms with E-state index >= 15 is 0 Å². The first-order valence-corrected chi connectivity index (χ1v) is 8.13. The largest absolute Gasteiger partial charge is 0.389 e.